The molecule has 1 aromatic rings. The Morgan fingerprint density at radius 2 is 1.76 bits per heavy atom. The highest BCUT2D eigenvalue weighted by atomic mass is 19.4. The molecule has 0 bridgehead atoms. The molecule has 0 aliphatic carbocycles. The molecule has 0 aromatic heterocycles. The lowest BCUT2D eigenvalue weighted by atomic mass is 10.1. The van der Waals surface area contributed by atoms with Crippen molar-refractivity contribution in [1.29, 1.82) is 0 Å². The van der Waals surface area contributed by atoms with Gasteiger partial charge in [0.2, 0.25) is 0 Å². The lowest BCUT2D eigenvalue weighted by Gasteiger charge is -2.12. The highest BCUT2D eigenvalue weighted by Gasteiger charge is 2.30. The first-order chi connectivity index (χ1) is 6.95. The molecule has 1 aromatic carbocycles. The minimum Gasteiger partial charge on any atom is -0.385 e. The van der Waals surface area contributed by atoms with Gasteiger partial charge in [-0.1, -0.05) is 21.8 Å². The van der Waals surface area contributed by atoms with E-state index in [1.807, 2.05) is 6.92 Å². The van der Waals surface area contributed by atoms with Crippen LogP contribution in [0.2, 0.25) is 0 Å². The Labute approximate surface area is 102 Å². The van der Waals surface area contributed by atoms with Crippen LogP contribution in [0.3, 0.4) is 0 Å². The van der Waals surface area contributed by atoms with Crippen molar-refractivity contribution in [2.75, 3.05) is 11.9 Å². The van der Waals surface area contributed by atoms with Gasteiger partial charge in [0.25, 0.3) is 0 Å². The summed E-state index contributed by atoms with van der Waals surface area (Å²) in [5.74, 6) is 0. The number of aryl methyl sites for hydroxylation is 1. The fourth-order valence-electron chi connectivity index (χ4n) is 1.30. The van der Waals surface area contributed by atoms with Crippen molar-refractivity contribution in [3.8, 4) is 0 Å². The highest BCUT2D eigenvalue weighted by molar-refractivity contribution is 5.52. The molecular weight excluding hydrogens is 227 g/mol. The summed E-state index contributed by atoms with van der Waals surface area (Å²) in [4.78, 5) is 0. The Morgan fingerprint density at radius 1 is 1.18 bits per heavy atom. The summed E-state index contributed by atoms with van der Waals surface area (Å²) in [6.45, 7) is 4.45. The number of hydrogen-bond acceptors (Lipinski definition) is 1. The van der Waals surface area contributed by atoms with Crippen LogP contribution in [-0.4, -0.2) is 6.54 Å². The molecule has 1 rings (SSSR count). The molecule has 0 spiro atoms. The van der Waals surface area contributed by atoms with Crippen LogP contribution in [0.5, 0.6) is 0 Å². The molecule has 0 amide bonds. The monoisotopic (exact) mass is 249 g/mol. The van der Waals surface area contributed by atoms with Crippen LogP contribution in [0.25, 0.3) is 0 Å². The first-order valence-electron chi connectivity index (χ1n) is 4.87. The van der Waals surface area contributed by atoms with Crippen molar-refractivity contribution in [3.63, 3.8) is 0 Å². The molecule has 17 heavy (non-hydrogen) atoms. The Hall–Kier alpha value is -1.19. The number of rotatable bonds is 3. The quantitative estimate of drug-likeness (QED) is 0.785. The molecule has 0 fully saturated rings. The molecule has 100 valence electrons. The normalized spacial score (nSPS) is 10.2. The molecule has 4 heteroatoms. The average Bonchev–Trinajstić information content (AvgIpc) is 2.14. The van der Waals surface area contributed by atoms with Gasteiger partial charge in [0.1, 0.15) is 0 Å². The van der Waals surface area contributed by atoms with Gasteiger partial charge in [0.05, 0.1) is 5.56 Å². The summed E-state index contributed by atoms with van der Waals surface area (Å²) in [5.41, 5.74) is 0.796. The lowest BCUT2D eigenvalue weighted by Crippen LogP contribution is -2.07. The van der Waals surface area contributed by atoms with Crippen molar-refractivity contribution in [2.24, 2.45) is 0 Å². The van der Waals surface area contributed by atoms with Crippen molar-refractivity contribution < 1.29 is 13.2 Å². The Balaban J connectivity index is 0. The van der Waals surface area contributed by atoms with Crippen LogP contribution in [0, 0.1) is 6.92 Å². The van der Waals surface area contributed by atoms with E-state index >= 15 is 0 Å². The average molecular weight is 249 g/mol. The number of halogens is 3. The van der Waals surface area contributed by atoms with Gasteiger partial charge in [-0.3, -0.25) is 0 Å². The second kappa shape index (κ2) is 7.20. The molecule has 0 aliphatic rings. The molecule has 0 aliphatic heterocycles. The third-order valence-electron chi connectivity index (χ3n) is 2.12. The summed E-state index contributed by atoms with van der Waals surface area (Å²) in [6, 6.07) is 3.75. The maximum absolute atomic E-state index is 12.3. The third kappa shape index (κ3) is 5.11. The maximum Gasteiger partial charge on any atom is 0.416 e. The van der Waals surface area contributed by atoms with Crippen LogP contribution in [0.1, 0.15) is 39.3 Å². The summed E-state index contributed by atoms with van der Waals surface area (Å²) in [7, 11) is 0. The highest BCUT2D eigenvalue weighted by Crippen LogP contribution is 2.31. The van der Waals surface area contributed by atoms with Crippen molar-refractivity contribution >= 4 is 5.69 Å². The zero-order chi connectivity index (χ0) is 11.5. The zero-order valence-corrected chi connectivity index (χ0v) is 8.78. The summed E-state index contributed by atoms with van der Waals surface area (Å²) < 4.78 is 37.0. The minimum absolute atomic E-state index is 0. The number of nitrogens with one attached hydrogen (secondary N) is 1. The fraction of sp³-hybridized carbons (Fsp3) is 0.538. The minimum atomic E-state index is -4.26. The molecule has 0 radical (unpaired) electrons. The van der Waals surface area contributed by atoms with E-state index in [1.165, 1.54) is 6.07 Å². The molecular formula is C13H22F3N. The standard InChI is InChI=1S/C11H14F3N.2CH4/c1-3-6-15-10-5-4-9(7-8(10)2)11(12,13)14;;/h4-5,7,15H,3,6H2,1-2H3;2*1H4. The third-order valence-corrected chi connectivity index (χ3v) is 2.12. The summed E-state index contributed by atoms with van der Waals surface area (Å²) in [6.07, 6.45) is -3.31. The van der Waals surface area contributed by atoms with Crippen molar-refractivity contribution in [1.82, 2.24) is 0 Å². The van der Waals surface area contributed by atoms with Crippen LogP contribution in [0.15, 0.2) is 18.2 Å². The van der Waals surface area contributed by atoms with E-state index in [-0.39, 0.29) is 14.9 Å². The Bertz CT molecular complexity index is 332. The van der Waals surface area contributed by atoms with E-state index < -0.39 is 11.7 Å². The van der Waals surface area contributed by atoms with Crippen molar-refractivity contribution in [3.05, 3.63) is 29.3 Å². The van der Waals surface area contributed by atoms with E-state index in [2.05, 4.69) is 5.32 Å². The molecule has 0 saturated carbocycles. The fourth-order valence-corrected chi connectivity index (χ4v) is 1.30. The molecule has 0 heterocycles. The van der Waals surface area contributed by atoms with Gasteiger partial charge in [0.15, 0.2) is 0 Å². The van der Waals surface area contributed by atoms with Crippen LogP contribution in [0.4, 0.5) is 18.9 Å². The summed E-state index contributed by atoms with van der Waals surface area (Å²) >= 11 is 0. The van der Waals surface area contributed by atoms with Crippen LogP contribution in [-0.2, 0) is 6.18 Å². The summed E-state index contributed by atoms with van der Waals surface area (Å²) in [5, 5.41) is 3.07. The number of benzene rings is 1. The second-order valence-corrected chi connectivity index (χ2v) is 3.45. The molecule has 0 saturated heterocycles. The number of alkyl halides is 3. The van der Waals surface area contributed by atoms with E-state index in [0.29, 0.717) is 5.56 Å². The largest absolute Gasteiger partial charge is 0.416 e. The maximum atomic E-state index is 12.3. The Kier molecular flexibility index (Phi) is 7.70. The van der Waals surface area contributed by atoms with Gasteiger partial charge in [-0.2, -0.15) is 13.2 Å². The lowest BCUT2D eigenvalue weighted by molar-refractivity contribution is -0.137. The van der Waals surface area contributed by atoms with Crippen LogP contribution >= 0.6 is 0 Å². The van der Waals surface area contributed by atoms with E-state index in [0.717, 1.165) is 30.8 Å². The van der Waals surface area contributed by atoms with E-state index in [1.54, 1.807) is 6.92 Å². The van der Waals surface area contributed by atoms with E-state index in [4.69, 9.17) is 0 Å². The molecule has 0 atom stereocenters. The smallest absolute Gasteiger partial charge is 0.385 e. The predicted octanol–water partition coefficient (Wildman–Crippen LogP) is 5.11. The second-order valence-electron chi connectivity index (χ2n) is 3.45. The van der Waals surface area contributed by atoms with Gasteiger partial charge >= 0.3 is 6.18 Å². The zero-order valence-electron chi connectivity index (χ0n) is 8.78. The molecule has 1 N–H and O–H groups in total. The predicted molar refractivity (Wildman–Crippen MR) is 68.4 cm³/mol. The molecule has 0 unspecified atom stereocenters. The van der Waals surface area contributed by atoms with Crippen LogP contribution < -0.4 is 5.32 Å². The molecule has 1 nitrogen and oxygen atoms in total. The van der Waals surface area contributed by atoms with Crippen molar-refractivity contribution in [2.45, 2.75) is 41.3 Å². The first-order valence-corrected chi connectivity index (χ1v) is 4.87. The van der Waals surface area contributed by atoms with Gasteiger partial charge in [-0.15, -0.1) is 0 Å². The van der Waals surface area contributed by atoms with E-state index in [9.17, 15) is 13.2 Å². The van der Waals surface area contributed by atoms with Gasteiger partial charge < -0.3 is 5.32 Å². The Morgan fingerprint density at radius 3 is 2.18 bits per heavy atom. The topological polar surface area (TPSA) is 12.0 Å². The first kappa shape index (κ1) is 18.2. The van der Waals surface area contributed by atoms with Gasteiger partial charge in [-0.05, 0) is 37.1 Å². The van der Waals surface area contributed by atoms with Gasteiger partial charge in [-0.25, -0.2) is 0 Å². The SMILES string of the molecule is C.C.CCCNc1ccc(C(F)(F)F)cc1C. The van der Waals surface area contributed by atoms with Gasteiger partial charge in [0, 0.05) is 12.2 Å². The number of anilines is 1. The number of hydrogen-bond donors (Lipinski definition) is 1.